The van der Waals surface area contributed by atoms with E-state index in [2.05, 4.69) is 4.98 Å². The van der Waals surface area contributed by atoms with Crippen LogP contribution in [0.4, 0.5) is 0 Å². The van der Waals surface area contributed by atoms with Gasteiger partial charge in [0.15, 0.2) is 5.76 Å². The first-order valence-electron chi connectivity index (χ1n) is 6.66. The fourth-order valence-corrected chi connectivity index (χ4v) is 2.53. The first-order chi connectivity index (χ1) is 9.69. The summed E-state index contributed by atoms with van der Waals surface area (Å²) in [4.78, 5) is 18.1. The average Bonchev–Trinajstić information content (AvgIpc) is 3.02. The summed E-state index contributed by atoms with van der Waals surface area (Å²) in [6.45, 7) is 0.985. The fraction of sp³-hybridized carbons (Fsp3) is 0.333. The number of amides is 1. The van der Waals surface area contributed by atoms with Crippen LogP contribution in [0, 0.1) is 0 Å². The second-order valence-corrected chi connectivity index (χ2v) is 5.02. The minimum Gasteiger partial charge on any atom is -0.459 e. The number of aromatic nitrogens is 1. The molecule has 2 aromatic heterocycles. The van der Waals surface area contributed by atoms with Crippen molar-refractivity contribution in [1.82, 2.24) is 9.88 Å². The van der Waals surface area contributed by atoms with E-state index in [1.807, 2.05) is 18.2 Å². The topological polar surface area (TPSA) is 66.6 Å². The third-order valence-corrected chi connectivity index (χ3v) is 3.75. The van der Waals surface area contributed by atoms with Gasteiger partial charge in [0, 0.05) is 19.3 Å². The van der Waals surface area contributed by atoms with E-state index >= 15 is 0 Å². The van der Waals surface area contributed by atoms with Gasteiger partial charge in [-0.1, -0.05) is 6.07 Å². The van der Waals surface area contributed by atoms with Gasteiger partial charge in [-0.3, -0.25) is 9.78 Å². The molecule has 0 aliphatic carbocycles. The van der Waals surface area contributed by atoms with Gasteiger partial charge in [-0.2, -0.15) is 0 Å². The molecule has 1 amide bonds. The number of likely N-dealkylation sites (tertiary alicyclic amines) is 1. The summed E-state index contributed by atoms with van der Waals surface area (Å²) in [5.41, 5.74) is -0.272. The fourth-order valence-electron chi connectivity index (χ4n) is 2.53. The van der Waals surface area contributed by atoms with Crippen LogP contribution in [0.3, 0.4) is 0 Å². The van der Waals surface area contributed by atoms with Crippen LogP contribution in [0.2, 0.25) is 0 Å². The van der Waals surface area contributed by atoms with E-state index in [0.717, 1.165) is 0 Å². The quantitative estimate of drug-likeness (QED) is 0.905. The van der Waals surface area contributed by atoms with Gasteiger partial charge in [0.25, 0.3) is 5.91 Å². The molecule has 0 unspecified atom stereocenters. The Balaban J connectivity index is 1.69. The summed E-state index contributed by atoms with van der Waals surface area (Å²) in [6.07, 6.45) is 4.13. The highest BCUT2D eigenvalue weighted by Gasteiger charge is 2.36. The Kier molecular flexibility index (Phi) is 3.28. The minimum absolute atomic E-state index is 0.127. The van der Waals surface area contributed by atoms with E-state index in [1.54, 1.807) is 23.2 Å². The number of furan rings is 1. The Morgan fingerprint density at radius 1 is 1.25 bits per heavy atom. The molecule has 0 atom stereocenters. The summed E-state index contributed by atoms with van der Waals surface area (Å²) < 4.78 is 5.12. The molecule has 0 bridgehead atoms. The van der Waals surface area contributed by atoms with Crippen LogP contribution in [0.25, 0.3) is 0 Å². The standard InChI is InChI=1S/C15H16N2O3/c18-14(12-4-3-11-20-12)17-9-6-15(19,7-10-17)13-5-1-2-8-16-13/h1-5,8,11,19H,6-7,9-10H2. The molecule has 0 radical (unpaired) electrons. The van der Waals surface area contributed by atoms with Crippen LogP contribution in [0.15, 0.2) is 47.2 Å². The van der Waals surface area contributed by atoms with Crippen LogP contribution in [-0.4, -0.2) is 34.0 Å². The molecule has 2 aromatic rings. The van der Waals surface area contributed by atoms with Crippen molar-refractivity contribution in [2.45, 2.75) is 18.4 Å². The first kappa shape index (κ1) is 12.9. The van der Waals surface area contributed by atoms with E-state index in [-0.39, 0.29) is 5.91 Å². The number of hydrogen-bond donors (Lipinski definition) is 1. The number of hydrogen-bond acceptors (Lipinski definition) is 4. The molecular formula is C15H16N2O3. The normalized spacial score (nSPS) is 17.9. The SMILES string of the molecule is O=C(c1ccco1)N1CCC(O)(c2ccccn2)CC1. The molecule has 1 saturated heterocycles. The van der Waals surface area contributed by atoms with Crippen LogP contribution in [0.5, 0.6) is 0 Å². The molecule has 0 saturated carbocycles. The van der Waals surface area contributed by atoms with Crippen molar-refractivity contribution in [1.29, 1.82) is 0 Å². The number of aliphatic hydroxyl groups is 1. The van der Waals surface area contributed by atoms with Crippen LogP contribution in [0.1, 0.15) is 29.1 Å². The van der Waals surface area contributed by atoms with Gasteiger partial charge in [-0.25, -0.2) is 0 Å². The van der Waals surface area contributed by atoms with Gasteiger partial charge in [0.2, 0.25) is 0 Å². The van der Waals surface area contributed by atoms with Crippen molar-refractivity contribution in [2.75, 3.05) is 13.1 Å². The Labute approximate surface area is 116 Å². The van der Waals surface area contributed by atoms with Gasteiger partial charge in [0.05, 0.1) is 12.0 Å². The van der Waals surface area contributed by atoms with Crippen molar-refractivity contribution < 1.29 is 14.3 Å². The van der Waals surface area contributed by atoms with E-state index in [9.17, 15) is 9.90 Å². The second-order valence-electron chi connectivity index (χ2n) is 5.02. The zero-order chi connectivity index (χ0) is 14.0. The van der Waals surface area contributed by atoms with Crippen molar-refractivity contribution in [3.8, 4) is 0 Å². The Morgan fingerprint density at radius 3 is 2.65 bits per heavy atom. The van der Waals surface area contributed by atoms with Crippen molar-refractivity contribution >= 4 is 5.91 Å². The summed E-state index contributed by atoms with van der Waals surface area (Å²) in [5, 5.41) is 10.6. The molecule has 1 aliphatic heterocycles. The predicted molar refractivity (Wildman–Crippen MR) is 72.0 cm³/mol. The average molecular weight is 272 g/mol. The summed E-state index contributed by atoms with van der Waals surface area (Å²) in [6, 6.07) is 8.86. The maximum atomic E-state index is 12.1. The lowest BCUT2D eigenvalue weighted by Gasteiger charge is -2.37. The lowest BCUT2D eigenvalue weighted by Crippen LogP contribution is -2.45. The number of nitrogens with zero attached hydrogens (tertiary/aromatic N) is 2. The van der Waals surface area contributed by atoms with Crippen LogP contribution in [-0.2, 0) is 5.60 Å². The maximum Gasteiger partial charge on any atom is 0.289 e. The number of pyridine rings is 1. The maximum absolute atomic E-state index is 12.1. The summed E-state index contributed by atoms with van der Waals surface area (Å²) >= 11 is 0. The molecular weight excluding hydrogens is 256 g/mol. The van der Waals surface area contributed by atoms with Gasteiger partial charge in [-0.15, -0.1) is 0 Å². The molecule has 1 aliphatic rings. The Morgan fingerprint density at radius 2 is 2.05 bits per heavy atom. The van der Waals surface area contributed by atoms with Crippen LogP contribution >= 0.6 is 0 Å². The van der Waals surface area contributed by atoms with E-state index in [0.29, 0.717) is 37.4 Å². The highest BCUT2D eigenvalue weighted by atomic mass is 16.3. The van der Waals surface area contributed by atoms with E-state index < -0.39 is 5.60 Å². The molecule has 20 heavy (non-hydrogen) atoms. The molecule has 3 heterocycles. The monoisotopic (exact) mass is 272 g/mol. The Bertz CT molecular complexity index is 572. The number of rotatable bonds is 2. The van der Waals surface area contributed by atoms with Gasteiger partial charge in [0.1, 0.15) is 5.60 Å². The predicted octanol–water partition coefficient (Wildman–Crippen LogP) is 1.80. The molecule has 1 fully saturated rings. The smallest absolute Gasteiger partial charge is 0.289 e. The highest BCUT2D eigenvalue weighted by molar-refractivity contribution is 5.91. The zero-order valence-electron chi connectivity index (χ0n) is 11.0. The third-order valence-electron chi connectivity index (χ3n) is 3.75. The van der Waals surface area contributed by atoms with Crippen molar-refractivity contribution in [2.24, 2.45) is 0 Å². The zero-order valence-corrected chi connectivity index (χ0v) is 11.0. The molecule has 1 N–H and O–H groups in total. The first-order valence-corrected chi connectivity index (χ1v) is 6.66. The van der Waals surface area contributed by atoms with Crippen molar-refractivity contribution in [3.05, 3.63) is 54.2 Å². The van der Waals surface area contributed by atoms with Gasteiger partial charge < -0.3 is 14.4 Å². The van der Waals surface area contributed by atoms with Crippen molar-refractivity contribution in [3.63, 3.8) is 0 Å². The lowest BCUT2D eigenvalue weighted by molar-refractivity contribution is -0.0250. The summed E-state index contributed by atoms with van der Waals surface area (Å²) in [5.74, 6) is 0.214. The molecule has 5 nitrogen and oxygen atoms in total. The minimum atomic E-state index is -0.943. The number of carbonyl (C=O) groups excluding carboxylic acids is 1. The second kappa shape index (κ2) is 5.09. The van der Waals surface area contributed by atoms with E-state index in [4.69, 9.17) is 4.42 Å². The van der Waals surface area contributed by atoms with Crippen LogP contribution < -0.4 is 0 Å². The largest absolute Gasteiger partial charge is 0.459 e. The molecule has 0 aromatic carbocycles. The van der Waals surface area contributed by atoms with E-state index in [1.165, 1.54) is 6.26 Å². The van der Waals surface area contributed by atoms with Gasteiger partial charge in [-0.05, 0) is 37.1 Å². The highest BCUT2D eigenvalue weighted by Crippen LogP contribution is 2.31. The van der Waals surface area contributed by atoms with Gasteiger partial charge >= 0.3 is 0 Å². The number of piperidine rings is 1. The summed E-state index contributed by atoms with van der Waals surface area (Å²) in [7, 11) is 0. The molecule has 0 spiro atoms. The number of carbonyl (C=O) groups is 1. The molecule has 5 heteroatoms. The molecule has 104 valence electrons. The lowest BCUT2D eigenvalue weighted by atomic mass is 9.87. The molecule has 3 rings (SSSR count). The third kappa shape index (κ3) is 2.32. The Hall–Kier alpha value is -2.14.